The number of hydrazone groups is 1. The number of nitrogens with zero attached hydrogens (tertiary/aromatic N) is 1. The van der Waals surface area contributed by atoms with Crippen molar-refractivity contribution in [3.05, 3.63) is 52.5 Å². The van der Waals surface area contributed by atoms with Crippen molar-refractivity contribution in [1.29, 1.82) is 0 Å². The SMILES string of the molecule is Cc1ccc(SCC(=O)N/N=C\c2cc(Cl)c3c(c2)OCCO3)cc1. The van der Waals surface area contributed by atoms with Crippen LogP contribution >= 0.6 is 23.4 Å². The summed E-state index contributed by atoms with van der Waals surface area (Å²) in [4.78, 5) is 12.9. The van der Waals surface area contributed by atoms with Crippen LogP contribution in [-0.2, 0) is 4.79 Å². The van der Waals surface area contributed by atoms with E-state index in [-0.39, 0.29) is 5.91 Å². The largest absolute Gasteiger partial charge is 0.486 e. The number of nitrogens with one attached hydrogen (secondary N) is 1. The average Bonchev–Trinajstić information content (AvgIpc) is 2.61. The molecule has 25 heavy (non-hydrogen) atoms. The summed E-state index contributed by atoms with van der Waals surface area (Å²) in [5, 5.41) is 4.42. The maximum atomic E-state index is 11.9. The Balaban J connectivity index is 1.53. The Labute approximate surface area is 155 Å². The molecule has 5 nitrogen and oxygen atoms in total. The van der Waals surface area contributed by atoms with Crippen molar-refractivity contribution in [2.45, 2.75) is 11.8 Å². The number of hydrogen-bond donors (Lipinski definition) is 1. The van der Waals surface area contributed by atoms with E-state index < -0.39 is 0 Å². The first kappa shape index (κ1) is 17.6. The fourth-order valence-electron chi connectivity index (χ4n) is 2.20. The molecule has 0 aliphatic carbocycles. The van der Waals surface area contributed by atoms with E-state index in [9.17, 15) is 4.79 Å². The Morgan fingerprint density at radius 3 is 2.84 bits per heavy atom. The van der Waals surface area contributed by atoms with Crippen LogP contribution in [0.2, 0.25) is 5.02 Å². The van der Waals surface area contributed by atoms with E-state index >= 15 is 0 Å². The van der Waals surface area contributed by atoms with Gasteiger partial charge in [-0.1, -0.05) is 29.3 Å². The highest BCUT2D eigenvalue weighted by atomic mass is 35.5. The molecule has 0 saturated heterocycles. The van der Waals surface area contributed by atoms with Gasteiger partial charge in [-0.25, -0.2) is 5.43 Å². The minimum absolute atomic E-state index is 0.175. The molecular formula is C18H17ClN2O3S. The number of rotatable bonds is 5. The third-order valence-electron chi connectivity index (χ3n) is 3.41. The molecule has 1 aliphatic heterocycles. The third-order valence-corrected chi connectivity index (χ3v) is 4.71. The summed E-state index contributed by atoms with van der Waals surface area (Å²) < 4.78 is 11.0. The topological polar surface area (TPSA) is 59.9 Å². The van der Waals surface area contributed by atoms with E-state index in [1.807, 2.05) is 31.2 Å². The smallest absolute Gasteiger partial charge is 0.250 e. The summed E-state index contributed by atoms with van der Waals surface area (Å²) in [6, 6.07) is 11.5. The fraction of sp³-hybridized carbons (Fsp3) is 0.222. The maximum absolute atomic E-state index is 11.9. The summed E-state index contributed by atoms with van der Waals surface area (Å²) in [6.07, 6.45) is 1.53. The number of aryl methyl sites for hydroxylation is 1. The van der Waals surface area contributed by atoms with E-state index in [0.29, 0.717) is 35.5 Å². The van der Waals surface area contributed by atoms with Crippen LogP contribution in [-0.4, -0.2) is 31.1 Å². The Bertz CT molecular complexity index is 794. The van der Waals surface area contributed by atoms with Crippen LogP contribution in [0, 0.1) is 6.92 Å². The first-order valence-corrected chi connectivity index (χ1v) is 9.09. The number of carbonyl (C=O) groups is 1. The molecule has 2 aromatic rings. The summed E-state index contributed by atoms with van der Waals surface area (Å²) in [6.45, 7) is 2.99. The lowest BCUT2D eigenvalue weighted by Crippen LogP contribution is -2.19. The monoisotopic (exact) mass is 376 g/mol. The standard InChI is InChI=1S/C18H17ClN2O3S/c1-12-2-4-14(5-3-12)25-11-17(22)21-20-10-13-8-15(19)18-16(9-13)23-6-7-24-18/h2-5,8-10H,6-7,11H2,1H3,(H,21,22)/b20-10-. The second-order valence-electron chi connectivity index (χ2n) is 5.42. The minimum Gasteiger partial charge on any atom is -0.486 e. The van der Waals surface area contributed by atoms with E-state index in [2.05, 4.69) is 10.5 Å². The number of halogens is 1. The van der Waals surface area contributed by atoms with Crippen molar-refractivity contribution in [1.82, 2.24) is 5.43 Å². The van der Waals surface area contributed by atoms with Gasteiger partial charge in [0.05, 0.1) is 17.0 Å². The Morgan fingerprint density at radius 1 is 1.28 bits per heavy atom. The molecule has 0 atom stereocenters. The van der Waals surface area contributed by atoms with Crippen LogP contribution in [0.15, 0.2) is 46.4 Å². The van der Waals surface area contributed by atoms with Crippen LogP contribution < -0.4 is 14.9 Å². The summed E-state index contributed by atoms with van der Waals surface area (Å²) >= 11 is 7.62. The molecule has 0 bridgehead atoms. The molecule has 1 N–H and O–H groups in total. The zero-order valence-corrected chi connectivity index (χ0v) is 15.2. The molecule has 7 heteroatoms. The van der Waals surface area contributed by atoms with Crippen molar-refractivity contribution in [3.63, 3.8) is 0 Å². The molecule has 2 aromatic carbocycles. The van der Waals surface area contributed by atoms with Gasteiger partial charge >= 0.3 is 0 Å². The maximum Gasteiger partial charge on any atom is 0.250 e. The lowest BCUT2D eigenvalue weighted by atomic mass is 10.2. The number of amides is 1. The molecule has 1 amide bonds. The number of fused-ring (bicyclic) bond motifs is 1. The van der Waals surface area contributed by atoms with Crippen LogP contribution in [0.1, 0.15) is 11.1 Å². The molecule has 0 radical (unpaired) electrons. The highest BCUT2D eigenvalue weighted by Gasteiger charge is 2.16. The normalized spacial score (nSPS) is 13.0. The molecule has 0 saturated carbocycles. The van der Waals surface area contributed by atoms with Gasteiger partial charge in [0.25, 0.3) is 0 Å². The zero-order valence-electron chi connectivity index (χ0n) is 13.6. The van der Waals surface area contributed by atoms with Gasteiger partial charge < -0.3 is 9.47 Å². The Hall–Kier alpha value is -2.18. The molecule has 3 rings (SSSR count). The summed E-state index contributed by atoms with van der Waals surface area (Å²) in [7, 11) is 0. The van der Waals surface area contributed by atoms with Gasteiger partial charge in [0.2, 0.25) is 5.91 Å². The predicted octanol–water partition coefficient (Wildman–Crippen LogP) is 3.66. The fourth-order valence-corrected chi connectivity index (χ4v) is 3.16. The van der Waals surface area contributed by atoms with Gasteiger partial charge in [-0.3, -0.25) is 4.79 Å². The average molecular weight is 377 g/mol. The minimum atomic E-state index is -0.175. The van der Waals surface area contributed by atoms with Gasteiger partial charge in [0, 0.05) is 4.90 Å². The molecule has 0 unspecified atom stereocenters. The van der Waals surface area contributed by atoms with Gasteiger partial charge in [0.15, 0.2) is 11.5 Å². The van der Waals surface area contributed by atoms with Crippen LogP contribution in [0.3, 0.4) is 0 Å². The number of hydrogen-bond acceptors (Lipinski definition) is 5. The molecule has 1 aliphatic rings. The van der Waals surface area contributed by atoms with Crippen molar-refractivity contribution in [2.75, 3.05) is 19.0 Å². The van der Waals surface area contributed by atoms with E-state index in [1.54, 1.807) is 12.1 Å². The van der Waals surface area contributed by atoms with Crippen LogP contribution in [0.5, 0.6) is 11.5 Å². The number of benzene rings is 2. The van der Waals surface area contributed by atoms with E-state index in [4.69, 9.17) is 21.1 Å². The quantitative estimate of drug-likeness (QED) is 0.491. The van der Waals surface area contributed by atoms with Crippen molar-refractivity contribution >= 4 is 35.5 Å². The van der Waals surface area contributed by atoms with Gasteiger partial charge in [-0.2, -0.15) is 5.10 Å². The highest BCUT2D eigenvalue weighted by Crippen LogP contribution is 2.37. The molecule has 0 aromatic heterocycles. The number of ether oxygens (including phenoxy) is 2. The molecular weight excluding hydrogens is 360 g/mol. The van der Waals surface area contributed by atoms with Crippen molar-refractivity contribution in [3.8, 4) is 11.5 Å². The second-order valence-corrected chi connectivity index (χ2v) is 6.88. The molecule has 130 valence electrons. The van der Waals surface area contributed by atoms with Crippen molar-refractivity contribution in [2.24, 2.45) is 5.10 Å². The Kier molecular flexibility index (Phi) is 5.83. The molecule has 0 spiro atoms. The first-order chi connectivity index (χ1) is 12.1. The second kappa shape index (κ2) is 8.27. The highest BCUT2D eigenvalue weighted by molar-refractivity contribution is 8.00. The summed E-state index contributed by atoms with van der Waals surface area (Å²) in [5.74, 6) is 1.25. The first-order valence-electron chi connectivity index (χ1n) is 7.72. The third kappa shape index (κ3) is 4.90. The van der Waals surface area contributed by atoms with Gasteiger partial charge in [-0.05, 0) is 36.8 Å². The van der Waals surface area contributed by atoms with Gasteiger partial charge in [-0.15, -0.1) is 11.8 Å². The Morgan fingerprint density at radius 2 is 2.04 bits per heavy atom. The number of carbonyl (C=O) groups excluding carboxylic acids is 1. The van der Waals surface area contributed by atoms with E-state index in [1.165, 1.54) is 23.5 Å². The lowest BCUT2D eigenvalue weighted by molar-refractivity contribution is -0.118. The van der Waals surface area contributed by atoms with Crippen LogP contribution in [0.25, 0.3) is 0 Å². The zero-order chi connectivity index (χ0) is 17.6. The van der Waals surface area contributed by atoms with E-state index in [0.717, 1.165) is 10.5 Å². The lowest BCUT2D eigenvalue weighted by Gasteiger charge is -2.19. The van der Waals surface area contributed by atoms with Crippen LogP contribution in [0.4, 0.5) is 0 Å². The summed E-state index contributed by atoms with van der Waals surface area (Å²) in [5.41, 5.74) is 4.42. The molecule has 0 fully saturated rings. The molecule has 1 heterocycles. The predicted molar refractivity (Wildman–Crippen MR) is 100 cm³/mol. The number of thioether (sulfide) groups is 1. The van der Waals surface area contributed by atoms with Crippen molar-refractivity contribution < 1.29 is 14.3 Å². The van der Waals surface area contributed by atoms with Gasteiger partial charge in [0.1, 0.15) is 13.2 Å².